The van der Waals surface area contributed by atoms with Crippen molar-refractivity contribution in [2.75, 3.05) is 32.8 Å². The van der Waals surface area contributed by atoms with Crippen molar-refractivity contribution in [3.8, 4) is 5.75 Å². The summed E-state index contributed by atoms with van der Waals surface area (Å²) in [5.41, 5.74) is 0.752. The van der Waals surface area contributed by atoms with Crippen LogP contribution in [0.25, 0.3) is 0 Å². The first kappa shape index (κ1) is 31.5. The Labute approximate surface area is 250 Å². The van der Waals surface area contributed by atoms with Crippen LogP contribution in [-0.2, 0) is 43.3 Å². The SMILES string of the molecule is COCOc1cccc2c1CN(CC1Cc3c(sc(NC(=O)C(=O)OC(C)(C)C)c3C(=O)OC(C)(C)C)CN1C)C2=O. The van der Waals surface area contributed by atoms with Crippen molar-refractivity contribution in [1.29, 1.82) is 0 Å². The van der Waals surface area contributed by atoms with E-state index < -0.39 is 29.0 Å². The highest BCUT2D eigenvalue weighted by Gasteiger charge is 2.38. The molecule has 1 aromatic carbocycles. The minimum absolute atomic E-state index is 0.0805. The molecule has 0 fully saturated rings. The molecule has 1 unspecified atom stereocenters. The van der Waals surface area contributed by atoms with E-state index >= 15 is 0 Å². The van der Waals surface area contributed by atoms with Crippen molar-refractivity contribution in [3.05, 3.63) is 45.3 Å². The van der Waals surface area contributed by atoms with Gasteiger partial charge in [0.15, 0.2) is 6.79 Å². The molecule has 1 N–H and O–H groups in total. The van der Waals surface area contributed by atoms with E-state index in [9.17, 15) is 19.2 Å². The smallest absolute Gasteiger partial charge is 0.397 e. The maximum Gasteiger partial charge on any atom is 0.397 e. The predicted octanol–water partition coefficient (Wildman–Crippen LogP) is 3.98. The number of esters is 2. The fourth-order valence-corrected chi connectivity index (χ4v) is 6.22. The van der Waals surface area contributed by atoms with Crippen LogP contribution >= 0.6 is 11.3 Å². The lowest BCUT2D eigenvalue weighted by atomic mass is 9.96. The number of nitrogens with one attached hydrogen (secondary N) is 1. The molecule has 2 aromatic rings. The first-order chi connectivity index (χ1) is 19.6. The Morgan fingerprint density at radius 3 is 2.36 bits per heavy atom. The maximum atomic E-state index is 13.5. The van der Waals surface area contributed by atoms with Crippen LogP contribution in [-0.4, -0.2) is 78.3 Å². The summed E-state index contributed by atoms with van der Waals surface area (Å²) in [4.78, 5) is 56.7. The van der Waals surface area contributed by atoms with Crippen molar-refractivity contribution >= 4 is 40.1 Å². The lowest BCUT2D eigenvalue weighted by Gasteiger charge is -2.35. The molecule has 2 aliphatic rings. The highest BCUT2D eigenvalue weighted by molar-refractivity contribution is 7.17. The molecule has 228 valence electrons. The molecular formula is C30H39N3O8S. The Morgan fingerprint density at radius 1 is 1.02 bits per heavy atom. The molecule has 42 heavy (non-hydrogen) atoms. The van der Waals surface area contributed by atoms with Crippen LogP contribution in [0.1, 0.15) is 78.3 Å². The second kappa shape index (κ2) is 12.0. The molecule has 2 amide bonds. The molecule has 4 rings (SSSR count). The zero-order valence-electron chi connectivity index (χ0n) is 25.4. The molecule has 0 saturated carbocycles. The largest absolute Gasteiger partial charge is 0.467 e. The number of hydrogen-bond acceptors (Lipinski definition) is 10. The number of fused-ring (bicyclic) bond motifs is 2. The van der Waals surface area contributed by atoms with Gasteiger partial charge in [-0.2, -0.15) is 0 Å². The van der Waals surface area contributed by atoms with Gasteiger partial charge < -0.3 is 29.2 Å². The predicted molar refractivity (Wildman–Crippen MR) is 157 cm³/mol. The zero-order valence-corrected chi connectivity index (χ0v) is 26.2. The van der Waals surface area contributed by atoms with Gasteiger partial charge in [-0.3, -0.25) is 14.5 Å². The van der Waals surface area contributed by atoms with Crippen molar-refractivity contribution in [2.24, 2.45) is 0 Å². The topological polar surface area (TPSA) is 124 Å². The molecule has 0 aliphatic carbocycles. The number of amides is 2. The number of rotatable bonds is 7. The van der Waals surface area contributed by atoms with Gasteiger partial charge in [0.2, 0.25) is 0 Å². The molecule has 1 atom stereocenters. The number of carbonyl (C=O) groups excluding carboxylic acids is 4. The Hall–Kier alpha value is -3.48. The average Bonchev–Trinajstić information content (AvgIpc) is 3.37. The summed E-state index contributed by atoms with van der Waals surface area (Å²) >= 11 is 1.24. The molecule has 0 radical (unpaired) electrons. The number of benzene rings is 1. The van der Waals surface area contributed by atoms with E-state index in [1.165, 1.54) is 18.4 Å². The normalized spacial score (nSPS) is 17.0. The van der Waals surface area contributed by atoms with E-state index in [1.807, 2.05) is 13.1 Å². The second-order valence-electron chi connectivity index (χ2n) is 12.5. The van der Waals surface area contributed by atoms with Crippen LogP contribution in [0.3, 0.4) is 0 Å². The third-order valence-corrected chi connectivity index (χ3v) is 7.86. The van der Waals surface area contributed by atoms with E-state index in [-0.39, 0.29) is 29.3 Å². The number of ether oxygens (including phenoxy) is 4. The summed E-state index contributed by atoms with van der Waals surface area (Å²) in [5.74, 6) is -2.08. The number of hydrogen-bond donors (Lipinski definition) is 1. The standard InChI is InChI=1S/C30H39N3O8S/c1-29(2,3)40-27(36)23-19-12-17(13-33-14-20-18(26(33)35)10-9-11-21(20)39-16-38-8)32(7)15-22(19)42-25(23)31-24(34)28(37)41-30(4,5)6/h9-11,17H,12-16H2,1-8H3,(H,31,34). The molecule has 0 bridgehead atoms. The Bertz CT molecular complexity index is 1390. The zero-order chi connectivity index (χ0) is 31.0. The third-order valence-electron chi connectivity index (χ3n) is 6.72. The monoisotopic (exact) mass is 601 g/mol. The number of carbonyl (C=O) groups is 4. The van der Waals surface area contributed by atoms with Crippen molar-refractivity contribution in [1.82, 2.24) is 9.80 Å². The van der Waals surface area contributed by atoms with Gasteiger partial charge in [-0.15, -0.1) is 11.3 Å². The number of nitrogens with zero attached hydrogens (tertiary/aromatic N) is 2. The van der Waals surface area contributed by atoms with Crippen LogP contribution in [0.2, 0.25) is 0 Å². The fourth-order valence-electron chi connectivity index (χ4n) is 4.94. The molecule has 2 aliphatic heterocycles. The number of methoxy groups -OCH3 is 1. The lowest BCUT2D eigenvalue weighted by molar-refractivity contribution is -0.161. The van der Waals surface area contributed by atoms with E-state index in [4.69, 9.17) is 18.9 Å². The van der Waals surface area contributed by atoms with Crippen LogP contribution in [0.15, 0.2) is 18.2 Å². The minimum atomic E-state index is -1.04. The lowest BCUT2D eigenvalue weighted by Crippen LogP contribution is -2.45. The van der Waals surface area contributed by atoms with E-state index in [0.717, 1.165) is 16.0 Å². The number of likely N-dealkylation sites (N-methyl/N-ethyl adjacent to an activating group) is 1. The maximum absolute atomic E-state index is 13.5. The van der Waals surface area contributed by atoms with Gasteiger partial charge in [-0.25, -0.2) is 9.59 Å². The van der Waals surface area contributed by atoms with Crippen LogP contribution in [0.4, 0.5) is 5.00 Å². The van der Waals surface area contributed by atoms with E-state index in [2.05, 4.69) is 10.2 Å². The molecule has 1 aromatic heterocycles. The highest BCUT2D eigenvalue weighted by atomic mass is 32.1. The number of thiophene rings is 1. The first-order valence-electron chi connectivity index (χ1n) is 13.7. The summed E-state index contributed by atoms with van der Waals surface area (Å²) < 4.78 is 21.6. The van der Waals surface area contributed by atoms with Gasteiger partial charge in [0, 0.05) is 42.2 Å². The summed E-state index contributed by atoms with van der Waals surface area (Å²) in [7, 11) is 3.50. The van der Waals surface area contributed by atoms with Gasteiger partial charge in [0.05, 0.1) is 12.1 Å². The third kappa shape index (κ3) is 7.11. The van der Waals surface area contributed by atoms with Gasteiger partial charge >= 0.3 is 17.8 Å². The highest BCUT2D eigenvalue weighted by Crippen LogP contribution is 2.40. The molecular weight excluding hydrogens is 562 g/mol. The molecule has 0 spiro atoms. The molecule has 11 nitrogen and oxygen atoms in total. The Morgan fingerprint density at radius 2 is 1.71 bits per heavy atom. The quantitative estimate of drug-likeness (QED) is 0.285. The summed E-state index contributed by atoms with van der Waals surface area (Å²) in [5, 5.41) is 2.84. The Balaban J connectivity index is 1.60. The van der Waals surface area contributed by atoms with Crippen molar-refractivity contribution in [3.63, 3.8) is 0 Å². The fraction of sp³-hybridized carbons (Fsp3) is 0.533. The van der Waals surface area contributed by atoms with Crippen LogP contribution < -0.4 is 10.1 Å². The van der Waals surface area contributed by atoms with Crippen LogP contribution in [0.5, 0.6) is 5.75 Å². The summed E-state index contributed by atoms with van der Waals surface area (Å²) in [6.07, 6.45) is 0.437. The van der Waals surface area contributed by atoms with Crippen molar-refractivity contribution < 1.29 is 38.1 Å². The van der Waals surface area contributed by atoms with Crippen molar-refractivity contribution in [2.45, 2.75) is 78.3 Å². The van der Waals surface area contributed by atoms with Gasteiger partial charge in [0.1, 0.15) is 22.0 Å². The van der Waals surface area contributed by atoms with Crippen LogP contribution in [0, 0.1) is 0 Å². The second-order valence-corrected chi connectivity index (χ2v) is 13.6. The van der Waals surface area contributed by atoms with Gasteiger partial charge in [-0.05, 0) is 72.7 Å². The van der Waals surface area contributed by atoms with Gasteiger partial charge in [-0.1, -0.05) is 6.07 Å². The summed E-state index contributed by atoms with van der Waals surface area (Å²) in [6, 6.07) is 5.28. The minimum Gasteiger partial charge on any atom is -0.467 e. The Kier molecular flexibility index (Phi) is 9.00. The van der Waals surface area contributed by atoms with Gasteiger partial charge in [0.25, 0.3) is 5.91 Å². The molecule has 12 heteroatoms. The molecule has 3 heterocycles. The summed E-state index contributed by atoms with van der Waals surface area (Å²) in [6.45, 7) is 11.7. The average molecular weight is 602 g/mol. The van der Waals surface area contributed by atoms with E-state index in [0.29, 0.717) is 37.4 Å². The molecule has 0 saturated heterocycles. The number of anilines is 1. The van der Waals surface area contributed by atoms with E-state index in [1.54, 1.807) is 58.6 Å². The first-order valence-corrected chi connectivity index (χ1v) is 14.5.